The molecule has 0 spiro atoms. The van der Waals surface area contributed by atoms with Crippen molar-refractivity contribution in [1.82, 2.24) is 4.31 Å². The third-order valence-corrected chi connectivity index (χ3v) is 2.12. The molecule has 0 aromatic carbocycles. The summed E-state index contributed by atoms with van der Waals surface area (Å²) in [6.07, 6.45) is 0.843. The van der Waals surface area contributed by atoms with Crippen LogP contribution < -0.4 is 0 Å². The van der Waals surface area contributed by atoms with E-state index in [-0.39, 0.29) is 12.5 Å². The first-order chi connectivity index (χ1) is 5.79. The van der Waals surface area contributed by atoms with Crippen LogP contribution in [-0.2, 0) is 15.1 Å². The monoisotopic (exact) mass is 207 g/mol. The average Bonchev–Trinajstić information content (AvgIpc) is 1.96. The molecule has 0 fully saturated rings. The summed E-state index contributed by atoms with van der Waals surface area (Å²) in [5.41, 5.74) is 0. The van der Waals surface area contributed by atoms with Gasteiger partial charge in [0.05, 0.1) is 0 Å². The second kappa shape index (κ2) is 4.38. The molecule has 0 bridgehead atoms. The largest absolute Gasteiger partial charge is 0.362 e. The molecule has 13 heavy (non-hydrogen) atoms. The lowest BCUT2D eigenvalue weighted by Gasteiger charge is -2.18. The summed E-state index contributed by atoms with van der Waals surface area (Å²) in [6, 6.07) is 0. The molecule has 0 heterocycles. The Morgan fingerprint density at radius 2 is 2.08 bits per heavy atom. The smallest absolute Gasteiger partial charge is 0.269 e. The second-order valence-electron chi connectivity index (χ2n) is 2.95. The van der Waals surface area contributed by atoms with Gasteiger partial charge in [0.2, 0.25) is 0 Å². The molecule has 0 rings (SSSR count). The molecule has 0 aromatic rings. The van der Waals surface area contributed by atoms with E-state index >= 15 is 0 Å². The standard InChI is InChI=1S/C7H13NO4S/c1-4-7(9)8(5-6(2)3)13(10,11)12/h4,6H,1,5H2,2-3H3,(H,10,11,12). The second-order valence-corrected chi connectivity index (χ2v) is 4.28. The zero-order valence-corrected chi connectivity index (χ0v) is 8.41. The van der Waals surface area contributed by atoms with Gasteiger partial charge in [0.25, 0.3) is 5.91 Å². The zero-order chi connectivity index (χ0) is 10.6. The van der Waals surface area contributed by atoms with E-state index in [0.717, 1.165) is 6.08 Å². The van der Waals surface area contributed by atoms with Crippen molar-refractivity contribution < 1.29 is 17.8 Å². The number of amides is 1. The average molecular weight is 207 g/mol. The van der Waals surface area contributed by atoms with Gasteiger partial charge in [0, 0.05) is 6.54 Å². The molecule has 0 aromatic heterocycles. The van der Waals surface area contributed by atoms with Gasteiger partial charge < -0.3 is 0 Å². The van der Waals surface area contributed by atoms with Gasteiger partial charge in [-0.1, -0.05) is 20.4 Å². The molecule has 0 atom stereocenters. The summed E-state index contributed by atoms with van der Waals surface area (Å²) in [6.45, 7) is 6.55. The minimum atomic E-state index is -4.46. The van der Waals surface area contributed by atoms with Crippen LogP contribution in [0.2, 0.25) is 0 Å². The minimum absolute atomic E-state index is 0.0502. The third-order valence-electron chi connectivity index (χ3n) is 1.23. The van der Waals surface area contributed by atoms with E-state index in [1.54, 1.807) is 13.8 Å². The lowest BCUT2D eigenvalue weighted by Crippen LogP contribution is -2.37. The molecule has 1 amide bonds. The van der Waals surface area contributed by atoms with Crippen LogP contribution >= 0.6 is 0 Å². The first kappa shape index (κ1) is 12.1. The molecule has 0 saturated heterocycles. The van der Waals surface area contributed by atoms with Crippen LogP contribution in [0.4, 0.5) is 0 Å². The highest BCUT2D eigenvalue weighted by molar-refractivity contribution is 7.84. The highest BCUT2D eigenvalue weighted by Crippen LogP contribution is 2.04. The van der Waals surface area contributed by atoms with Crippen molar-refractivity contribution in [3.8, 4) is 0 Å². The van der Waals surface area contributed by atoms with Gasteiger partial charge in [0.1, 0.15) is 0 Å². The summed E-state index contributed by atoms with van der Waals surface area (Å²) < 4.78 is 30.4. The Labute approximate surface area is 77.9 Å². The number of hydrogen-bond acceptors (Lipinski definition) is 3. The van der Waals surface area contributed by atoms with Crippen molar-refractivity contribution in [2.45, 2.75) is 13.8 Å². The van der Waals surface area contributed by atoms with Crippen LogP contribution in [0.1, 0.15) is 13.8 Å². The van der Waals surface area contributed by atoms with Crippen LogP contribution in [0.3, 0.4) is 0 Å². The van der Waals surface area contributed by atoms with Crippen molar-refractivity contribution in [2.24, 2.45) is 5.92 Å². The summed E-state index contributed by atoms with van der Waals surface area (Å²) in [7, 11) is -4.46. The molecule has 0 aliphatic rings. The molecule has 0 aliphatic carbocycles. The molecule has 6 heteroatoms. The van der Waals surface area contributed by atoms with E-state index in [4.69, 9.17) is 4.55 Å². The van der Waals surface area contributed by atoms with Gasteiger partial charge in [-0.05, 0) is 12.0 Å². The van der Waals surface area contributed by atoms with Crippen LogP contribution in [0.15, 0.2) is 12.7 Å². The number of carbonyl (C=O) groups excluding carboxylic acids is 1. The maximum absolute atomic E-state index is 11.0. The summed E-state index contributed by atoms with van der Waals surface area (Å²) >= 11 is 0. The molecular weight excluding hydrogens is 194 g/mol. The number of hydrogen-bond donors (Lipinski definition) is 1. The van der Waals surface area contributed by atoms with E-state index in [1.807, 2.05) is 0 Å². The zero-order valence-electron chi connectivity index (χ0n) is 7.60. The van der Waals surface area contributed by atoms with E-state index < -0.39 is 16.2 Å². The minimum Gasteiger partial charge on any atom is -0.269 e. The van der Waals surface area contributed by atoms with Gasteiger partial charge in [-0.15, -0.1) is 0 Å². The maximum Gasteiger partial charge on any atom is 0.362 e. The van der Waals surface area contributed by atoms with Crippen LogP contribution in [-0.4, -0.2) is 29.7 Å². The van der Waals surface area contributed by atoms with Crippen molar-refractivity contribution in [2.75, 3.05) is 6.54 Å². The van der Waals surface area contributed by atoms with Gasteiger partial charge in [-0.25, -0.2) is 4.31 Å². The Kier molecular flexibility index (Phi) is 4.09. The third kappa shape index (κ3) is 4.05. The van der Waals surface area contributed by atoms with Gasteiger partial charge >= 0.3 is 10.3 Å². The Balaban J connectivity index is 4.77. The molecule has 76 valence electrons. The molecule has 0 saturated carbocycles. The quantitative estimate of drug-likeness (QED) is 0.537. The van der Waals surface area contributed by atoms with Crippen molar-refractivity contribution in [1.29, 1.82) is 0 Å². The predicted molar refractivity (Wildman–Crippen MR) is 48.3 cm³/mol. The number of carbonyl (C=O) groups is 1. The highest BCUT2D eigenvalue weighted by atomic mass is 32.2. The fraction of sp³-hybridized carbons (Fsp3) is 0.571. The highest BCUT2D eigenvalue weighted by Gasteiger charge is 2.23. The molecule has 1 N–H and O–H groups in total. The topological polar surface area (TPSA) is 74.7 Å². The summed E-state index contributed by atoms with van der Waals surface area (Å²) in [5, 5.41) is 0. The predicted octanol–water partition coefficient (Wildman–Crippen LogP) is 0.460. The summed E-state index contributed by atoms with van der Waals surface area (Å²) in [4.78, 5) is 11.0. The van der Waals surface area contributed by atoms with E-state index in [0.29, 0.717) is 4.31 Å². The first-order valence-corrected chi connectivity index (χ1v) is 5.10. The van der Waals surface area contributed by atoms with Gasteiger partial charge in [0.15, 0.2) is 0 Å². The fourth-order valence-electron chi connectivity index (χ4n) is 0.731. The van der Waals surface area contributed by atoms with Crippen molar-refractivity contribution in [3.05, 3.63) is 12.7 Å². The lowest BCUT2D eigenvalue weighted by atomic mass is 10.2. The number of rotatable bonds is 4. The van der Waals surface area contributed by atoms with Crippen LogP contribution in [0.25, 0.3) is 0 Å². The van der Waals surface area contributed by atoms with Crippen molar-refractivity contribution >= 4 is 16.2 Å². The van der Waals surface area contributed by atoms with E-state index in [1.165, 1.54) is 0 Å². The molecule has 0 aliphatic heterocycles. The molecule has 5 nitrogen and oxygen atoms in total. The maximum atomic E-state index is 11.0. The van der Waals surface area contributed by atoms with E-state index in [2.05, 4.69) is 6.58 Å². The van der Waals surface area contributed by atoms with Crippen LogP contribution in [0, 0.1) is 5.92 Å². The Bertz CT molecular complexity index is 294. The Hall–Kier alpha value is -0.880. The first-order valence-electron chi connectivity index (χ1n) is 3.70. The van der Waals surface area contributed by atoms with Gasteiger partial charge in [-0.3, -0.25) is 9.35 Å². The van der Waals surface area contributed by atoms with E-state index in [9.17, 15) is 13.2 Å². The van der Waals surface area contributed by atoms with Gasteiger partial charge in [-0.2, -0.15) is 8.42 Å². The van der Waals surface area contributed by atoms with Crippen LogP contribution in [0.5, 0.6) is 0 Å². The Morgan fingerprint density at radius 1 is 1.62 bits per heavy atom. The normalized spacial score (nSPS) is 11.4. The molecule has 0 unspecified atom stereocenters. The lowest BCUT2D eigenvalue weighted by molar-refractivity contribution is -0.122. The summed E-state index contributed by atoms with van der Waals surface area (Å²) in [5.74, 6) is -0.873. The molecular formula is C7H13NO4S. The fourth-order valence-corrected chi connectivity index (χ4v) is 1.52. The van der Waals surface area contributed by atoms with Crippen molar-refractivity contribution in [3.63, 3.8) is 0 Å². The molecule has 0 radical (unpaired) electrons. The number of nitrogens with zero attached hydrogens (tertiary/aromatic N) is 1. The Morgan fingerprint density at radius 3 is 2.31 bits per heavy atom. The SMILES string of the molecule is C=CC(=O)N(CC(C)C)S(=O)(=O)O.